The summed E-state index contributed by atoms with van der Waals surface area (Å²) in [5.74, 6) is -0.804. The number of hydrogen-bond donors (Lipinski definition) is 1. The summed E-state index contributed by atoms with van der Waals surface area (Å²) < 4.78 is 0. The van der Waals surface area contributed by atoms with Crippen molar-refractivity contribution in [3.63, 3.8) is 0 Å². The second kappa shape index (κ2) is 5.77. The highest BCUT2D eigenvalue weighted by Gasteiger charge is 2.37. The van der Waals surface area contributed by atoms with Gasteiger partial charge in [0.2, 0.25) is 5.91 Å². The fourth-order valence-corrected chi connectivity index (χ4v) is 4.02. The van der Waals surface area contributed by atoms with E-state index in [0.29, 0.717) is 19.1 Å². The average molecular weight is 308 g/mol. The van der Waals surface area contributed by atoms with Gasteiger partial charge in [0.25, 0.3) is 0 Å². The molecule has 0 saturated heterocycles. The summed E-state index contributed by atoms with van der Waals surface area (Å²) in [4.78, 5) is 28.9. The second-order valence-corrected chi connectivity index (χ2v) is 6.67. The van der Waals surface area contributed by atoms with Crippen molar-refractivity contribution in [1.29, 1.82) is 0 Å². The molecule has 2 aliphatic rings. The molecule has 0 radical (unpaired) electrons. The van der Waals surface area contributed by atoms with Gasteiger partial charge in [0, 0.05) is 24.0 Å². The Hall–Kier alpha value is -1.40. The molecule has 0 spiro atoms. The maximum absolute atomic E-state index is 12.4. The van der Waals surface area contributed by atoms with Crippen LogP contribution in [0.15, 0.2) is 11.4 Å². The monoisotopic (exact) mass is 308 g/mol. The van der Waals surface area contributed by atoms with Gasteiger partial charge >= 0.3 is 5.97 Å². The first-order valence-electron chi connectivity index (χ1n) is 7.44. The molecule has 1 fully saturated rings. The fourth-order valence-electron chi connectivity index (χ4n) is 3.12. The molecule has 21 heavy (non-hydrogen) atoms. The molecule has 0 bridgehead atoms. The van der Waals surface area contributed by atoms with Crippen LogP contribution < -0.4 is 0 Å². The average Bonchev–Trinajstić information content (AvgIpc) is 3.16. The predicted octanol–water partition coefficient (Wildman–Crippen LogP) is 1.74. The minimum atomic E-state index is -0.864. The van der Waals surface area contributed by atoms with Gasteiger partial charge in [0.15, 0.2) is 0 Å². The van der Waals surface area contributed by atoms with E-state index in [1.165, 1.54) is 0 Å². The third kappa shape index (κ3) is 2.82. The number of hydrogen-bond acceptors (Lipinski definition) is 4. The van der Waals surface area contributed by atoms with Gasteiger partial charge in [-0.2, -0.15) is 0 Å². The highest BCUT2D eigenvalue weighted by molar-refractivity contribution is 7.10. The zero-order valence-electron chi connectivity index (χ0n) is 12.1. The molecule has 1 atom stereocenters. The molecular formula is C15H20N2O3S. The fraction of sp³-hybridized carbons (Fsp3) is 0.600. The smallest absolute Gasteiger partial charge is 0.325 e. The van der Waals surface area contributed by atoms with Crippen molar-refractivity contribution in [3.8, 4) is 0 Å². The van der Waals surface area contributed by atoms with Gasteiger partial charge in [-0.3, -0.25) is 14.5 Å². The number of carbonyl (C=O) groups excluding carboxylic acids is 1. The van der Waals surface area contributed by atoms with Crippen LogP contribution in [0.2, 0.25) is 0 Å². The number of aliphatic carboxylic acids is 1. The molecule has 1 N–H and O–H groups in total. The van der Waals surface area contributed by atoms with E-state index in [2.05, 4.69) is 0 Å². The lowest BCUT2D eigenvalue weighted by atomic mass is 10.00. The summed E-state index contributed by atoms with van der Waals surface area (Å²) in [7, 11) is 0. The minimum Gasteiger partial charge on any atom is -0.480 e. The zero-order valence-corrected chi connectivity index (χ0v) is 12.9. The minimum absolute atomic E-state index is 0.0601. The van der Waals surface area contributed by atoms with Crippen LogP contribution in [0.3, 0.4) is 0 Å². The van der Waals surface area contributed by atoms with Crippen LogP contribution in [0, 0.1) is 0 Å². The topological polar surface area (TPSA) is 60.9 Å². The predicted molar refractivity (Wildman–Crippen MR) is 80.4 cm³/mol. The molecule has 114 valence electrons. The molecule has 1 aromatic rings. The van der Waals surface area contributed by atoms with Crippen molar-refractivity contribution >= 4 is 23.2 Å². The zero-order chi connectivity index (χ0) is 15.0. The standard InChI is InChI=1S/C15H20N2O3S/c1-2-17(10-3-4-10)13(18)9-16-7-5-12-11(6-8-21-12)14(16)15(19)20/h6,8,10,14H,2-5,7,9H2,1H3,(H,19,20). The Bertz CT molecular complexity index is 553. The number of carbonyl (C=O) groups is 2. The number of fused-ring (bicyclic) bond motifs is 1. The lowest BCUT2D eigenvalue weighted by molar-refractivity contribution is -0.145. The largest absolute Gasteiger partial charge is 0.480 e. The van der Waals surface area contributed by atoms with E-state index in [9.17, 15) is 14.7 Å². The number of carboxylic acids is 1. The van der Waals surface area contributed by atoms with Gasteiger partial charge in [-0.15, -0.1) is 11.3 Å². The van der Waals surface area contributed by atoms with Gasteiger partial charge in [-0.05, 0) is 43.2 Å². The molecule has 3 rings (SSSR count). The Morgan fingerprint density at radius 1 is 1.48 bits per heavy atom. The van der Waals surface area contributed by atoms with Gasteiger partial charge in [-0.1, -0.05) is 0 Å². The summed E-state index contributed by atoms with van der Waals surface area (Å²) in [6, 6.07) is 1.59. The number of amides is 1. The van der Waals surface area contributed by atoms with E-state index in [1.807, 2.05) is 28.2 Å². The van der Waals surface area contributed by atoms with Gasteiger partial charge < -0.3 is 10.0 Å². The van der Waals surface area contributed by atoms with Crippen LogP contribution in [0.25, 0.3) is 0 Å². The second-order valence-electron chi connectivity index (χ2n) is 5.67. The number of likely N-dealkylation sites (N-methyl/N-ethyl adjacent to an activating group) is 1. The van der Waals surface area contributed by atoms with Gasteiger partial charge in [0.05, 0.1) is 6.54 Å². The van der Waals surface area contributed by atoms with Crippen LogP contribution in [-0.4, -0.2) is 52.5 Å². The van der Waals surface area contributed by atoms with E-state index < -0.39 is 12.0 Å². The first-order chi connectivity index (χ1) is 10.1. The lowest BCUT2D eigenvalue weighted by Crippen LogP contribution is -2.46. The maximum Gasteiger partial charge on any atom is 0.325 e. The molecule has 5 nitrogen and oxygen atoms in total. The molecule has 1 aromatic heterocycles. The Labute approximate surface area is 128 Å². The molecule has 1 unspecified atom stereocenters. The Morgan fingerprint density at radius 3 is 2.86 bits per heavy atom. The number of rotatable bonds is 5. The molecule has 6 heteroatoms. The highest BCUT2D eigenvalue weighted by Crippen LogP contribution is 2.34. The quantitative estimate of drug-likeness (QED) is 0.900. The Morgan fingerprint density at radius 2 is 2.24 bits per heavy atom. The third-order valence-corrected chi connectivity index (χ3v) is 5.28. The van der Waals surface area contributed by atoms with Crippen molar-refractivity contribution in [2.75, 3.05) is 19.6 Å². The normalized spacial score (nSPS) is 21.9. The van der Waals surface area contributed by atoms with Crippen LogP contribution in [0.4, 0.5) is 0 Å². The molecular weight excluding hydrogens is 288 g/mol. The summed E-state index contributed by atoms with van der Waals surface area (Å²) >= 11 is 1.61. The molecule has 1 saturated carbocycles. The third-order valence-electron chi connectivity index (χ3n) is 4.29. The summed E-state index contributed by atoms with van der Waals surface area (Å²) in [6.07, 6.45) is 2.99. The first-order valence-corrected chi connectivity index (χ1v) is 8.32. The van der Waals surface area contributed by atoms with Gasteiger partial charge in [0.1, 0.15) is 6.04 Å². The molecule has 2 heterocycles. The van der Waals surface area contributed by atoms with E-state index >= 15 is 0 Å². The van der Waals surface area contributed by atoms with Crippen molar-refractivity contribution in [3.05, 3.63) is 21.9 Å². The van der Waals surface area contributed by atoms with Gasteiger partial charge in [-0.25, -0.2) is 0 Å². The molecule has 0 aromatic carbocycles. The number of nitrogens with zero attached hydrogens (tertiary/aromatic N) is 2. The summed E-state index contributed by atoms with van der Waals surface area (Å²) in [5, 5.41) is 11.5. The SMILES string of the molecule is CCN(C(=O)CN1CCc2sccc2C1C(=O)O)C1CC1. The maximum atomic E-state index is 12.4. The van der Waals surface area contributed by atoms with Crippen molar-refractivity contribution in [2.24, 2.45) is 0 Å². The molecule has 1 aliphatic heterocycles. The Kier molecular flexibility index (Phi) is 3.99. The summed E-state index contributed by atoms with van der Waals surface area (Å²) in [5.41, 5.74) is 0.862. The summed E-state index contributed by atoms with van der Waals surface area (Å²) in [6.45, 7) is 3.53. The highest BCUT2D eigenvalue weighted by atomic mass is 32.1. The first kappa shape index (κ1) is 14.5. The molecule has 1 amide bonds. The number of carboxylic acid groups (broad SMARTS) is 1. The van der Waals surface area contributed by atoms with Crippen molar-refractivity contribution < 1.29 is 14.7 Å². The van der Waals surface area contributed by atoms with E-state index in [-0.39, 0.29) is 12.5 Å². The van der Waals surface area contributed by atoms with E-state index in [0.717, 1.165) is 29.7 Å². The van der Waals surface area contributed by atoms with Crippen molar-refractivity contribution in [1.82, 2.24) is 9.80 Å². The van der Waals surface area contributed by atoms with Crippen LogP contribution >= 0.6 is 11.3 Å². The Balaban J connectivity index is 1.75. The van der Waals surface area contributed by atoms with E-state index in [4.69, 9.17) is 0 Å². The van der Waals surface area contributed by atoms with Crippen LogP contribution in [-0.2, 0) is 16.0 Å². The lowest BCUT2D eigenvalue weighted by Gasteiger charge is -2.34. The van der Waals surface area contributed by atoms with E-state index in [1.54, 1.807) is 11.3 Å². The number of thiophene rings is 1. The molecule has 1 aliphatic carbocycles. The van der Waals surface area contributed by atoms with Crippen LogP contribution in [0.1, 0.15) is 36.2 Å². The van der Waals surface area contributed by atoms with Crippen molar-refractivity contribution in [2.45, 2.75) is 38.3 Å². The van der Waals surface area contributed by atoms with Crippen LogP contribution in [0.5, 0.6) is 0 Å².